The van der Waals surface area contributed by atoms with Crippen molar-refractivity contribution in [2.24, 2.45) is 0 Å². The van der Waals surface area contributed by atoms with Crippen molar-refractivity contribution < 1.29 is 0 Å². The van der Waals surface area contributed by atoms with Crippen LogP contribution in [0.4, 0.5) is 5.69 Å². The molecule has 21 heavy (non-hydrogen) atoms. The van der Waals surface area contributed by atoms with Crippen LogP contribution in [0.1, 0.15) is 31.0 Å². The van der Waals surface area contributed by atoms with Crippen molar-refractivity contribution in [3.8, 4) is 0 Å². The van der Waals surface area contributed by atoms with Crippen molar-refractivity contribution in [2.45, 2.75) is 26.4 Å². The Bertz CT molecular complexity index is 566. The van der Waals surface area contributed by atoms with Crippen LogP contribution in [0.25, 0.3) is 0 Å². The van der Waals surface area contributed by atoms with Gasteiger partial charge in [0.2, 0.25) is 0 Å². The largest absolute Gasteiger partial charge is 0.368 e. The lowest BCUT2D eigenvalue weighted by atomic mass is 10.1. The molecule has 1 N–H and O–H groups in total. The standard InChI is InChI=1S/C18H23ClN2/c1-4-20-13-15-8-10-18(11-9-15)21(3)14(2)16-6-5-7-17(19)12-16/h5-12,14,20H,4,13H2,1-3H3. The molecule has 2 rings (SSSR count). The lowest BCUT2D eigenvalue weighted by molar-refractivity contribution is 0.724. The van der Waals surface area contributed by atoms with Gasteiger partial charge in [0.15, 0.2) is 0 Å². The van der Waals surface area contributed by atoms with E-state index in [9.17, 15) is 0 Å². The maximum absolute atomic E-state index is 6.08. The van der Waals surface area contributed by atoms with E-state index >= 15 is 0 Å². The van der Waals surface area contributed by atoms with E-state index in [0.29, 0.717) is 0 Å². The highest BCUT2D eigenvalue weighted by atomic mass is 35.5. The maximum Gasteiger partial charge on any atom is 0.0511 e. The van der Waals surface area contributed by atoms with E-state index < -0.39 is 0 Å². The first-order valence-electron chi connectivity index (χ1n) is 7.39. The summed E-state index contributed by atoms with van der Waals surface area (Å²) >= 11 is 6.08. The Kier molecular flexibility index (Phi) is 5.66. The SMILES string of the molecule is CCNCc1ccc(N(C)C(C)c2cccc(Cl)c2)cc1. The van der Waals surface area contributed by atoms with Crippen LogP contribution in [0.3, 0.4) is 0 Å². The van der Waals surface area contributed by atoms with Gasteiger partial charge in [0.1, 0.15) is 0 Å². The summed E-state index contributed by atoms with van der Waals surface area (Å²) in [6, 6.07) is 17.0. The monoisotopic (exact) mass is 302 g/mol. The summed E-state index contributed by atoms with van der Waals surface area (Å²) in [4.78, 5) is 2.27. The molecule has 0 aliphatic carbocycles. The van der Waals surface area contributed by atoms with Crippen LogP contribution in [0.2, 0.25) is 5.02 Å². The molecule has 2 aromatic rings. The number of nitrogens with zero attached hydrogens (tertiary/aromatic N) is 1. The molecule has 0 amide bonds. The molecule has 0 bridgehead atoms. The van der Waals surface area contributed by atoms with Crippen molar-refractivity contribution >= 4 is 17.3 Å². The summed E-state index contributed by atoms with van der Waals surface area (Å²) in [5.41, 5.74) is 3.74. The average Bonchev–Trinajstić information content (AvgIpc) is 2.52. The van der Waals surface area contributed by atoms with Gasteiger partial charge >= 0.3 is 0 Å². The molecule has 2 aromatic carbocycles. The van der Waals surface area contributed by atoms with Crippen LogP contribution in [-0.2, 0) is 6.54 Å². The molecule has 0 spiro atoms. The molecular formula is C18H23ClN2. The van der Waals surface area contributed by atoms with Gasteiger partial charge in [-0.1, -0.05) is 42.8 Å². The molecule has 1 unspecified atom stereocenters. The van der Waals surface area contributed by atoms with E-state index in [4.69, 9.17) is 11.6 Å². The normalized spacial score (nSPS) is 12.2. The van der Waals surface area contributed by atoms with Gasteiger partial charge in [-0.15, -0.1) is 0 Å². The average molecular weight is 303 g/mol. The molecule has 0 heterocycles. The third-order valence-corrected chi connectivity index (χ3v) is 4.07. The Balaban J connectivity index is 2.10. The van der Waals surface area contributed by atoms with E-state index in [-0.39, 0.29) is 6.04 Å². The molecule has 0 aliphatic heterocycles. The van der Waals surface area contributed by atoms with Crippen molar-refractivity contribution in [3.63, 3.8) is 0 Å². The number of hydrogen-bond donors (Lipinski definition) is 1. The van der Waals surface area contributed by atoms with Gasteiger partial charge < -0.3 is 10.2 Å². The van der Waals surface area contributed by atoms with Gasteiger partial charge in [0, 0.05) is 24.3 Å². The summed E-state index contributed by atoms with van der Waals surface area (Å²) in [6.07, 6.45) is 0. The number of anilines is 1. The predicted octanol–water partition coefficient (Wildman–Crippen LogP) is 4.65. The first-order valence-corrected chi connectivity index (χ1v) is 7.77. The van der Waals surface area contributed by atoms with Gasteiger partial charge in [-0.2, -0.15) is 0 Å². The van der Waals surface area contributed by atoms with Crippen LogP contribution in [0.15, 0.2) is 48.5 Å². The van der Waals surface area contributed by atoms with Gasteiger partial charge in [0.25, 0.3) is 0 Å². The Morgan fingerprint density at radius 1 is 1.14 bits per heavy atom. The van der Waals surface area contributed by atoms with Crippen LogP contribution in [-0.4, -0.2) is 13.6 Å². The minimum absolute atomic E-state index is 0.281. The molecule has 112 valence electrons. The lowest BCUT2D eigenvalue weighted by Crippen LogP contribution is -2.21. The van der Waals surface area contributed by atoms with Crippen molar-refractivity contribution in [1.82, 2.24) is 5.32 Å². The summed E-state index contributed by atoms with van der Waals surface area (Å²) in [6.45, 7) is 6.23. The van der Waals surface area contributed by atoms with Crippen molar-refractivity contribution in [1.29, 1.82) is 0 Å². The molecule has 0 saturated carbocycles. The third kappa shape index (κ3) is 4.23. The summed E-state index contributed by atoms with van der Waals surface area (Å²) in [5, 5.41) is 4.13. The Hall–Kier alpha value is -1.51. The van der Waals surface area contributed by atoms with Gasteiger partial charge in [0.05, 0.1) is 6.04 Å². The molecule has 1 atom stereocenters. The highest BCUT2D eigenvalue weighted by Gasteiger charge is 2.12. The number of benzene rings is 2. The number of halogens is 1. The first-order chi connectivity index (χ1) is 10.1. The Morgan fingerprint density at radius 3 is 2.48 bits per heavy atom. The zero-order valence-electron chi connectivity index (χ0n) is 12.9. The minimum Gasteiger partial charge on any atom is -0.368 e. The smallest absolute Gasteiger partial charge is 0.0511 e. The van der Waals surface area contributed by atoms with E-state index in [1.807, 2.05) is 18.2 Å². The summed E-state index contributed by atoms with van der Waals surface area (Å²) < 4.78 is 0. The van der Waals surface area contributed by atoms with E-state index in [1.165, 1.54) is 16.8 Å². The Labute approximate surface area is 132 Å². The fourth-order valence-corrected chi connectivity index (χ4v) is 2.53. The van der Waals surface area contributed by atoms with Gasteiger partial charge in [-0.3, -0.25) is 0 Å². The zero-order valence-corrected chi connectivity index (χ0v) is 13.7. The fourth-order valence-electron chi connectivity index (χ4n) is 2.33. The highest BCUT2D eigenvalue weighted by Crippen LogP contribution is 2.26. The Morgan fingerprint density at radius 2 is 1.86 bits per heavy atom. The van der Waals surface area contributed by atoms with Crippen LogP contribution in [0, 0.1) is 0 Å². The molecule has 2 nitrogen and oxygen atoms in total. The molecular weight excluding hydrogens is 280 g/mol. The molecule has 0 aliphatic rings. The van der Waals surface area contributed by atoms with Crippen LogP contribution in [0.5, 0.6) is 0 Å². The number of rotatable bonds is 6. The first kappa shape index (κ1) is 15.9. The predicted molar refractivity (Wildman–Crippen MR) is 92.1 cm³/mol. The van der Waals surface area contributed by atoms with Gasteiger partial charge in [-0.05, 0) is 48.9 Å². The van der Waals surface area contributed by atoms with Crippen LogP contribution >= 0.6 is 11.6 Å². The molecule has 0 aromatic heterocycles. The van der Waals surface area contributed by atoms with Gasteiger partial charge in [-0.25, -0.2) is 0 Å². The summed E-state index contributed by atoms with van der Waals surface area (Å²) in [7, 11) is 2.12. The number of hydrogen-bond acceptors (Lipinski definition) is 2. The van der Waals surface area contributed by atoms with Crippen molar-refractivity contribution in [3.05, 3.63) is 64.7 Å². The molecule has 0 saturated heterocycles. The lowest BCUT2D eigenvalue weighted by Gasteiger charge is -2.27. The topological polar surface area (TPSA) is 15.3 Å². The number of nitrogens with one attached hydrogen (secondary N) is 1. The molecule has 0 fully saturated rings. The second-order valence-electron chi connectivity index (χ2n) is 5.29. The third-order valence-electron chi connectivity index (χ3n) is 3.83. The second kappa shape index (κ2) is 7.48. The minimum atomic E-state index is 0.281. The van der Waals surface area contributed by atoms with E-state index in [0.717, 1.165) is 18.1 Å². The summed E-state index contributed by atoms with van der Waals surface area (Å²) in [5.74, 6) is 0. The van der Waals surface area contributed by atoms with Crippen LogP contribution < -0.4 is 10.2 Å². The zero-order chi connectivity index (χ0) is 15.2. The van der Waals surface area contributed by atoms with Crippen molar-refractivity contribution in [2.75, 3.05) is 18.5 Å². The van der Waals surface area contributed by atoms with E-state index in [1.54, 1.807) is 0 Å². The van der Waals surface area contributed by atoms with E-state index in [2.05, 4.69) is 61.4 Å². The maximum atomic E-state index is 6.08. The fraction of sp³-hybridized carbons (Fsp3) is 0.333. The second-order valence-corrected chi connectivity index (χ2v) is 5.73. The molecule has 0 radical (unpaired) electrons. The quantitative estimate of drug-likeness (QED) is 0.836. The molecule has 3 heteroatoms. The highest BCUT2D eigenvalue weighted by molar-refractivity contribution is 6.30.